The average Bonchev–Trinajstić information content (AvgIpc) is 2.69. The summed E-state index contributed by atoms with van der Waals surface area (Å²) in [7, 11) is 3.36. The summed E-state index contributed by atoms with van der Waals surface area (Å²) in [6.45, 7) is 2.22. The van der Waals surface area contributed by atoms with Crippen molar-refractivity contribution in [1.29, 1.82) is 0 Å². The van der Waals surface area contributed by atoms with Crippen LogP contribution in [0.1, 0.15) is 5.56 Å². The Morgan fingerprint density at radius 2 is 1.83 bits per heavy atom. The number of ether oxygens (including phenoxy) is 2. The molecule has 1 fully saturated rings. The van der Waals surface area contributed by atoms with Gasteiger partial charge in [-0.05, 0) is 23.8 Å². The van der Waals surface area contributed by atoms with Crippen LogP contribution in [-0.2, 0) is 16.0 Å². The van der Waals surface area contributed by atoms with Gasteiger partial charge in [-0.1, -0.05) is 0 Å². The van der Waals surface area contributed by atoms with E-state index >= 15 is 0 Å². The predicted molar refractivity (Wildman–Crippen MR) is 67.7 cm³/mol. The number of halogens is 1. The van der Waals surface area contributed by atoms with Crippen molar-refractivity contribution in [2.75, 3.05) is 33.0 Å². The Labute approximate surface area is 106 Å². The summed E-state index contributed by atoms with van der Waals surface area (Å²) in [6, 6.07) is 4.63. The summed E-state index contributed by atoms with van der Waals surface area (Å²) in [5, 5.41) is 0. The van der Waals surface area contributed by atoms with Gasteiger partial charge < -0.3 is 15.2 Å². The van der Waals surface area contributed by atoms with Crippen molar-refractivity contribution in [3.8, 4) is 0 Å². The maximum Gasteiger partial charge on any atom is 0.125 e. The fourth-order valence-corrected chi connectivity index (χ4v) is 2.43. The fourth-order valence-electron chi connectivity index (χ4n) is 2.43. The van der Waals surface area contributed by atoms with Gasteiger partial charge in [0.25, 0.3) is 0 Å². The summed E-state index contributed by atoms with van der Waals surface area (Å²) >= 11 is 0. The number of rotatable bonds is 4. The minimum atomic E-state index is -0.296. The topological polar surface area (TPSA) is 47.7 Å². The van der Waals surface area contributed by atoms with Crippen molar-refractivity contribution in [2.24, 2.45) is 0 Å². The van der Waals surface area contributed by atoms with Crippen LogP contribution in [0.4, 0.5) is 10.1 Å². The van der Waals surface area contributed by atoms with Gasteiger partial charge in [0.1, 0.15) is 5.82 Å². The number of likely N-dealkylation sites (tertiary alicyclic amines) is 1. The highest BCUT2D eigenvalue weighted by molar-refractivity contribution is 5.41. The average molecular weight is 254 g/mol. The maximum absolute atomic E-state index is 13.2. The number of nitrogen functional groups attached to an aromatic ring is 1. The third-order valence-corrected chi connectivity index (χ3v) is 3.28. The molecule has 0 bridgehead atoms. The molecule has 2 N–H and O–H groups in total. The zero-order valence-electron chi connectivity index (χ0n) is 10.7. The Hall–Kier alpha value is -1.17. The Morgan fingerprint density at radius 3 is 2.33 bits per heavy atom. The Kier molecular flexibility index (Phi) is 4.16. The van der Waals surface area contributed by atoms with Crippen molar-refractivity contribution < 1.29 is 13.9 Å². The lowest BCUT2D eigenvalue weighted by atomic mass is 10.2. The van der Waals surface area contributed by atoms with Crippen LogP contribution in [0.15, 0.2) is 18.2 Å². The summed E-state index contributed by atoms with van der Waals surface area (Å²) in [4.78, 5) is 2.18. The number of benzene rings is 1. The first-order valence-corrected chi connectivity index (χ1v) is 5.95. The first kappa shape index (κ1) is 13.3. The molecule has 0 aliphatic carbocycles. The summed E-state index contributed by atoms with van der Waals surface area (Å²) in [5.74, 6) is -0.296. The summed E-state index contributed by atoms with van der Waals surface area (Å²) < 4.78 is 24.0. The van der Waals surface area contributed by atoms with Crippen molar-refractivity contribution in [1.82, 2.24) is 4.90 Å². The normalized spacial score (nSPS) is 24.6. The predicted octanol–water partition coefficient (Wildman–Crippen LogP) is 1.25. The maximum atomic E-state index is 13.2. The quantitative estimate of drug-likeness (QED) is 0.822. The van der Waals surface area contributed by atoms with Crippen molar-refractivity contribution in [2.45, 2.75) is 18.8 Å². The van der Waals surface area contributed by atoms with Gasteiger partial charge in [0, 0.05) is 39.5 Å². The smallest absolute Gasteiger partial charge is 0.125 e. The van der Waals surface area contributed by atoms with E-state index in [1.807, 2.05) is 0 Å². The number of nitrogens with two attached hydrogens (primary N) is 1. The number of nitrogens with zero attached hydrogens (tertiary/aromatic N) is 1. The van der Waals surface area contributed by atoms with Crippen LogP contribution in [0, 0.1) is 5.82 Å². The molecular weight excluding hydrogens is 235 g/mol. The molecule has 2 atom stereocenters. The molecule has 0 amide bonds. The van der Waals surface area contributed by atoms with Crippen LogP contribution in [-0.4, -0.2) is 44.4 Å². The molecule has 2 rings (SSSR count). The molecule has 5 heteroatoms. The minimum absolute atomic E-state index is 0.0703. The Balaban J connectivity index is 2.02. The van der Waals surface area contributed by atoms with Crippen molar-refractivity contribution in [3.05, 3.63) is 29.6 Å². The molecule has 2 unspecified atom stereocenters. The molecule has 0 aromatic heterocycles. The Bertz CT molecular complexity index is 382. The fraction of sp³-hybridized carbons (Fsp3) is 0.538. The minimum Gasteiger partial charge on any atom is -0.399 e. The van der Waals surface area contributed by atoms with Gasteiger partial charge >= 0.3 is 0 Å². The van der Waals surface area contributed by atoms with E-state index in [9.17, 15) is 4.39 Å². The summed E-state index contributed by atoms with van der Waals surface area (Å²) in [5.41, 5.74) is 6.96. The van der Waals surface area contributed by atoms with Crippen LogP contribution < -0.4 is 5.73 Å². The molecule has 100 valence electrons. The first-order chi connectivity index (χ1) is 8.62. The highest BCUT2D eigenvalue weighted by Gasteiger charge is 2.32. The van der Waals surface area contributed by atoms with E-state index in [1.54, 1.807) is 20.3 Å². The van der Waals surface area contributed by atoms with E-state index in [4.69, 9.17) is 15.2 Å². The van der Waals surface area contributed by atoms with Gasteiger partial charge in [-0.3, -0.25) is 4.90 Å². The van der Waals surface area contributed by atoms with Crippen LogP contribution in [0.25, 0.3) is 0 Å². The highest BCUT2D eigenvalue weighted by atomic mass is 19.1. The molecule has 0 spiro atoms. The second-order valence-corrected chi connectivity index (χ2v) is 4.64. The van der Waals surface area contributed by atoms with Crippen molar-refractivity contribution in [3.63, 3.8) is 0 Å². The van der Waals surface area contributed by atoms with E-state index < -0.39 is 0 Å². The van der Waals surface area contributed by atoms with Crippen LogP contribution in [0.3, 0.4) is 0 Å². The summed E-state index contributed by atoms with van der Waals surface area (Å²) in [6.07, 6.45) is 0.141. The van der Waals surface area contributed by atoms with Gasteiger partial charge in [-0.15, -0.1) is 0 Å². The van der Waals surface area contributed by atoms with E-state index in [0.29, 0.717) is 12.2 Å². The van der Waals surface area contributed by atoms with Gasteiger partial charge in [0.15, 0.2) is 0 Å². The lowest BCUT2D eigenvalue weighted by molar-refractivity contribution is -0.00461. The van der Waals surface area contributed by atoms with Gasteiger partial charge in [-0.2, -0.15) is 0 Å². The molecular formula is C13H19FN2O2. The van der Waals surface area contributed by atoms with Gasteiger partial charge in [0.05, 0.1) is 12.2 Å². The zero-order chi connectivity index (χ0) is 13.1. The van der Waals surface area contributed by atoms with Crippen molar-refractivity contribution >= 4 is 5.69 Å². The van der Waals surface area contributed by atoms with Gasteiger partial charge in [-0.25, -0.2) is 4.39 Å². The molecule has 1 aromatic rings. The second-order valence-electron chi connectivity index (χ2n) is 4.64. The number of anilines is 1. The molecule has 1 heterocycles. The molecule has 0 radical (unpaired) electrons. The third-order valence-electron chi connectivity index (χ3n) is 3.28. The molecule has 1 aliphatic rings. The van der Waals surface area contributed by atoms with E-state index in [2.05, 4.69) is 4.90 Å². The Morgan fingerprint density at radius 1 is 1.22 bits per heavy atom. The van der Waals surface area contributed by atoms with Crippen LogP contribution in [0.2, 0.25) is 0 Å². The van der Waals surface area contributed by atoms with E-state index in [-0.39, 0.29) is 18.0 Å². The standard InChI is InChI=1S/C13H19FN2O2/c1-17-12-7-16(8-13(12)18-2)6-9-3-10(14)5-11(15)4-9/h3-5,12-13H,6-8,15H2,1-2H3. The van der Waals surface area contributed by atoms with Crippen LogP contribution >= 0.6 is 0 Å². The monoisotopic (exact) mass is 254 g/mol. The number of hydrogen-bond donors (Lipinski definition) is 1. The number of hydrogen-bond acceptors (Lipinski definition) is 4. The molecule has 4 nitrogen and oxygen atoms in total. The lowest BCUT2D eigenvalue weighted by Crippen LogP contribution is -2.27. The largest absolute Gasteiger partial charge is 0.399 e. The van der Waals surface area contributed by atoms with Crippen LogP contribution in [0.5, 0.6) is 0 Å². The van der Waals surface area contributed by atoms with E-state index in [0.717, 1.165) is 18.7 Å². The van der Waals surface area contributed by atoms with E-state index in [1.165, 1.54) is 12.1 Å². The molecule has 1 aromatic carbocycles. The zero-order valence-corrected chi connectivity index (χ0v) is 10.7. The SMILES string of the molecule is COC1CN(Cc2cc(N)cc(F)c2)CC1OC. The molecule has 1 aliphatic heterocycles. The molecule has 18 heavy (non-hydrogen) atoms. The second kappa shape index (κ2) is 5.65. The molecule has 1 saturated heterocycles. The highest BCUT2D eigenvalue weighted by Crippen LogP contribution is 2.19. The lowest BCUT2D eigenvalue weighted by Gasteiger charge is -2.15. The van der Waals surface area contributed by atoms with Gasteiger partial charge in [0.2, 0.25) is 0 Å². The number of methoxy groups -OCH3 is 2. The third kappa shape index (κ3) is 2.98. The molecule has 0 saturated carbocycles. The first-order valence-electron chi connectivity index (χ1n) is 5.95.